The molecule has 1 saturated heterocycles. The molecule has 0 bridgehead atoms. The highest BCUT2D eigenvalue weighted by molar-refractivity contribution is 5.93. The van der Waals surface area contributed by atoms with Crippen LogP contribution in [0.1, 0.15) is 51.3 Å². The van der Waals surface area contributed by atoms with Crippen LogP contribution in [-0.2, 0) is 24.5 Å². The topological polar surface area (TPSA) is 75.7 Å². The van der Waals surface area contributed by atoms with Crippen molar-refractivity contribution in [2.24, 2.45) is 5.92 Å². The molecule has 2 aromatic carbocycles. The van der Waals surface area contributed by atoms with Gasteiger partial charge < -0.3 is 15.0 Å². The normalized spacial score (nSPS) is 17.4. The summed E-state index contributed by atoms with van der Waals surface area (Å²) in [6.07, 6.45) is 0.103. The molecule has 0 unspecified atom stereocenters. The molecule has 3 rings (SSSR count). The van der Waals surface area contributed by atoms with Crippen LogP contribution in [-0.4, -0.2) is 35.8 Å². The van der Waals surface area contributed by atoms with Crippen LogP contribution in [0.2, 0.25) is 0 Å². The van der Waals surface area contributed by atoms with Gasteiger partial charge in [-0.1, -0.05) is 63.2 Å². The average molecular weight is 423 g/mol. The first kappa shape index (κ1) is 22.5. The van der Waals surface area contributed by atoms with Crippen molar-refractivity contribution in [3.05, 3.63) is 65.7 Å². The fourth-order valence-corrected chi connectivity index (χ4v) is 3.68. The highest BCUT2D eigenvalue weighted by atomic mass is 16.5. The molecule has 2 atom stereocenters. The minimum Gasteiger partial charge on any atom is -0.455 e. The third-order valence-corrected chi connectivity index (χ3v) is 5.62. The van der Waals surface area contributed by atoms with Gasteiger partial charge in [0.2, 0.25) is 5.91 Å². The van der Waals surface area contributed by atoms with Gasteiger partial charge >= 0.3 is 5.97 Å². The number of hydrogen-bond donors (Lipinski definition) is 1. The molecule has 1 fully saturated rings. The minimum absolute atomic E-state index is 0.0304. The predicted octanol–water partition coefficient (Wildman–Crippen LogP) is 4.08. The number of likely N-dealkylation sites (tertiary alicyclic amines) is 1. The number of anilines is 1. The Morgan fingerprint density at radius 3 is 2.35 bits per heavy atom. The largest absolute Gasteiger partial charge is 0.455 e. The number of amides is 2. The fraction of sp³-hybridized carbons (Fsp3) is 0.400. The Bertz CT molecular complexity index is 932. The van der Waals surface area contributed by atoms with E-state index in [1.54, 1.807) is 4.90 Å². The van der Waals surface area contributed by atoms with Gasteiger partial charge in [0.15, 0.2) is 6.61 Å². The van der Waals surface area contributed by atoms with Crippen LogP contribution in [0.15, 0.2) is 54.6 Å². The van der Waals surface area contributed by atoms with Crippen LogP contribution in [0.5, 0.6) is 0 Å². The Kier molecular flexibility index (Phi) is 6.78. The molecule has 1 heterocycles. The number of carbonyl (C=O) groups excluding carboxylic acids is 3. The van der Waals surface area contributed by atoms with Crippen LogP contribution in [0, 0.1) is 5.92 Å². The summed E-state index contributed by atoms with van der Waals surface area (Å²) >= 11 is 0. The van der Waals surface area contributed by atoms with Crippen molar-refractivity contribution in [3.63, 3.8) is 0 Å². The van der Waals surface area contributed by atoms with Crippen LogP contribution < -0.4 is 5.32 Å². The van der Waals surface area contributed by atoms with Gasteiger partial charge in [0, 0.05) is 18.7 Å². The van der Waals surface area contributed by atoms with E-state index in [-0.39, 0.29) is 30.4 Å². The van der Waals surface area contributed by atoms with Crippen LogP contribution in [0.25, 0.3) is 0 Å². The minimum atomic E-state index is -0.558. The van der Waals surface area contributed by atoms with E-state index in [0.717, 1.165) is 11.1 Å². The third kappa shape index (κ3) is 5.72. The summed E-state index contributed by atoms with van der Waals surface area (Å²) in [4.78, 5) is 38.7. The molecule has 31 heavy (non-hydrogen) atoms. The van der Waals surface area contributed by atoms with E-state index in [0.29, 0.717) is 12.2 Å². The zero-order valence-corrected chi connectivity index (χ0v) is 18.6. The lowest BCUT2D eigenvalue weighted by Gasteiger charge is -2.25. The second kappa shape index (κ2) is 9.33. The van der Waals surface area contributed by atoms with Gasteiger partial charge in [-0.2, -0.15) is 0 Å². The van der Waals surface area contributed by atoms with Gasteiger partial charge in [-0.05, 0) is 35.6 Å². The molecule has 1 aliphatic rings. The van der Waals surface area contributed by atoms with Crippen molar-refractivity contribution >= 4 is 23.5 Å². The summed E-state index contributed by atoms with van der Waals surface area (Å²) in [5, 5.41) is 2.73. The first-order valence-electron chi connectivity index (χ1n) is 10.6. The summed E-state index contributed by atoms with van der Waals surface area (Å²) in [5.74, 6) is -1.57. The maximum Gasteiger partial charge on any atom is 0.311 e. The van der Waals surface area contributed by atoms with Gasteiger partial charge in [-0.25, -0.2) is 0 Å². The Labute approximate surface area is 183 Å². The maximum atomic E-state index is 12.4. The molecule has 0 spiro atoms. The number of rotatable bonds is 6. The molecule has 2 amide bonds. The number of nitrogens with zero attached hydrogens (tertiary/aromatic N) is 1. The average Bonchev–Trinajstić information content (AvgIpc) is 3.13. The monoisotopic (exact) mass is 422 g/mol. The number of benzene rings is 2. The third-order valence-electron chi connectivity index (χ3n) is 5.62. The molecule has 2 aromatic rings. The Morgan fingerprint density at radius 1 is 1.10 bits per heavy atom. The van der Waals surface area contributed by atoms with Crippen molar-refractivity contribution in [2.45, 2.75) is 45.6 Å². The lowest BCUT2D eigenvalue weighted by atomic mass is 9.87. The standard InChI is InChI=1S/C25H30N2O4/c1-17(18-8-6-5-7-9-18)27-15-19(14-23(27)29)24(30)31-16-22(28)26-21-12-10-20(11-13-21)25(2,3)4/h5-13,17,19H,14-16H2,1-4H3,(H,26,28)/t17-,19-/m1/s1. The first-order valence-corrected chi connectivity index (χ1v) is 10.6. The van der Waals surface area contributed by atoms with Crippen molar-refractivity contribution < 1.29 is 19.1 Å². The number of hydrogen-bond acceptors (Lipinski definition) is 4. The van der Waals surface area contributed by atoms with E-state index in [1.165, 1.54) is 0 Å². The van der Waals surface area contributed by atoms with Crippen molar-refractivity contribution in [1.82, 2.24) is 4.90 Å². The number of ether oxygens (including phenoxy) is 1. The Hall–Kier alpha value is -3.15. The summed E-state index contributed by atoms with van der Waals surface area (Å²) in [7, 11) is 0. The molecule has 164 valence electrons. The molecule has 0 aromatic heterocycles. The quantitative estimate of drug-likeness (QED) is 0.712. The fourth-order valence-electron chi connectivity index (χ4n) is 3.68. The molecule has 6 heteroatoms. The SMILES string of the molecule is C[C@H](c1ccccc1)N1C[C@H](C(=O)OCC(=O)Nc2ccc(C(C)(C)C)cc2)CC1=O. The number of nitrogens with one attached hydrogen (secondary N) is 1. The van der Waals surface area contributed by atoms with E-state index in [2.05, 4.69) is 26.1 Å². The van der Waals surface area contributed by atoms with E-state index in [1.807, 2.05) is 61.5 Å². The summed E-state index contributed by atoms with van der Waals surface area (Å²) in [6.45, 7) is 8.22. The molecular formula is C25H30N2O4. The zero-order valence-electron chi connectivity index (χ0n) is 18.6. The van der Waals surface area contributed by atoms with Gasteiger partial charge in [-0.3, -0.25) is 14.4 Å². The summed E-state index contributed by atoms with van der Waals surface area (Å²) < 4.78 is 5.19. The van der Waals surface area contributed by atoms with Crippen molar-refractivity contribution in [3.8, 4) is 0 Å². The van der Waals surface area contributed by atoms with Gasteiger partial charge in [-0.15, -0.1) is 0 Å². The second-order valence-corrected chi connectivity index (χ2v) is 9.02. The van der Waals surface area contributed by atoms with Gasteiger partial charge in [0.25, 0.3) is 5.91 Å². The van der Waals surface area contributed by atoms with Crippen molar-refractivity contribution in [1.29, 1.82) is 0 Å². The van der Waals surface area contributed by atoms with Crippen LogP contribution in [0.3, 0.4) is 0 Å². The summed E-state index contributed by atoms with van der Waals surface area (Å²) in [6, 6.07) is 17.2. The van der Waals surface area contributed by atoms with E-state index in [4.69, 9.17) is 4.74 Å². The van der Waals surface area contributed by atoms with E-state index >= 15 is 0 Å². The molecule has 0 aliphatic carbocycles. The molecular weight excluding hydrogens is 392 g/mol. The lowest BCUT2D eigenvalue weighted by molar-refractivity contribution is -0.151. The van der Waals surface area contributed by atoms with E-state index < -0.39 is 17.8 Å². The highest BCUT2D eigenvalue weighted by Crippen LogP contribution is 2.29. The van der Waals surface area contributed by atoms with Gasteiger partial charge in [0.05, 0.1) is 12.0 Å². The molecule has 0 radical (unpaired) electrons. The van der Waals surface area contributed by atoms with E-state index in [9.17, 15) is 14.4 Å². The Balaban J connectivity index is 1.49. The first-order chi connectivity index (χ1) is 14.6. The molecule has 0 saturated carbocycles. The lowest BCUT2D eigenvalue weighted by Crippen LogP contribution is -2.30. The van der Waals surface area contributed by atoms with Crippen LogP contribution >= 0.6 is 0 Å². The predicted molar refractivity (Wildman–Crippen MR) is 119 cm³/mol. The molecule has 1 N–H and O–H groups in total. The highest BCUT2D eigenvalue weighted by Gasteiger charge is 2.38. The smallest absolute Gasteiger partial charge is 0.311 e. The maximum absolute atomic E-state index is 12.4. The van der Waals surface area contributed by atoms with Crippen molar-refractivity contribution in [2.75, 3.05) is 18.5 Å². The Morgan fingerprint density at radius 2 is 1.74 bits per heavy atom. The summed E-state index contributed by atoms with van der Waals surface area (Å²) in [5.41, 5.74) is 2.86. The zero-order chi connectivity index (χ0) is 22.6. The second-order valence-electron chi connectivity index (χ2n) is 9.02. The van der Waals surface area contributed by atoms with Crippen LogP contribution in [0.4, 0.5) is 5.69 Å². The van der Waals surface area contributed by atoms with Gasteiger partial charge in [0.1, 0.15) is 0 Å². The number of esters is 1. The molecule has 6 nitrogen and oxygen atoms in total. The number of carbonyl (C=O) groups is 3. The molecule has 1 aliphatic heterocycles.